The first-order valence-electron chi connectivity index (χ1n) is 5.50. The molecule has 1 unspecified atom stereocenters. The summed E-state index contributed by atoms with van der Waals surface area (Å²) in [6, 6.07) is 5.86. The van der Waals surface area contributed by atoms with Gasteiger partial charge in [-0.25, -0.2) is 0 Å². The van der Waals surface area contributed by atoms with E-state index in [-0.39, 0.29) is 5.75 Å². The van der Waals surface area contributed by atoms with Crippen LogP contribution in [0.25, 0.3) is 0 Å². The topological polar surface area (TPSA) is 21.3 Å². The van der Waals surface area contributed by atoms with E-state index in [1.54, 1.807) is 6.07 Å². The van der Waals surface area contributed by atoms with Gasteiger partial charge < -0.3 is 10.1 Å². The summed E-state index contributed by atoms with van der Waals surface area (Å²) in [6.45, 7) is 4.87. The highest BCUT2D eigenvalue weighted by molar-refractivity contribution is 5.48. The molecule has 2 nitrogen and oxygen atoms in total. The minimum atomic E-state index is -4.64. The molecule has 17 heavy (non-hydrogen) atoms. The van der Waals surface area contributed by atoms with Gasteiger partial charge in [-0.1, -0.05) is 26.3 Å². The van der Waals surface area contributed by atoms with E-state index in [2.05, 4.69) is 23.9 Å². The van der Waals surface area contributed by atoms with Crippen molar-refractivity contribution in [2.45, 2.75) is 26.6 Å². The zero-order valence-electron chi connectivity index (χ0n) is 9.84. The smallest absolute Gasteiger partial charge is 0.406 e. The highest BCUT2D eigenvalue weighted by Gasteiger charge is 2.31. The maximum absolute atomic E-state index is 12.0. The molecule has 0 spiro atoms. The molecule has 0 aliphatic carbocycles. The number of halogens is 3. The maximum Gasteiger partial charge on any atom is 0.573 e. The van der Waals surface area contributed by atoms with Crippen molar-refractivity contribution in [3.63, 3.8) is 0 Å². The van der Waals surface area contributed by atoms with Gasteiger partial charge in [-0.05, 0) is 18.1 Å². The normalized spacial score (nSPS) is 13.2. The van der Waals surface area contributed by atoms with E-state index >= 15 is 0 Å². The second-order valence-electron chi connectivity index (χ2n) is 3.97. The van der Waals surface area contributed by atoms with Crippen molar-refractivity contribution in [3.05, 3.63) is 24.3 Å². The van der Waals surface area contributed by atoms with Crippen molar-refractivity contribution in [2.75, 3.05) is 11.9 Å². The number of nitrogens with one attached hydrogen (secondary N) is 1. The lowest BCUT2D eigenvalue weighted by molar-refractivity contribution is -0.274. The molecular formula is C12H16F3NO. The molecule has 0 saturated heterocycles. The first-order chi connectivity index (χ1) is 7.90. The Morgan fingerprint density at radius 2 is 2.06 bits per heavy atom. The first-order valence-corrected chi connectivity index (χ1v) is 5.50. The highest BCUT2D eigenvalue weighted by atomic mass is 19.4. The fraction of sp³-hybridized carbons (Fsp3) is 0.500. The summed E-state index contributed by atoms with van der Waals surface area (Å²) in [7, 11) is 0. The molecule has 0 saturated carbocycles. The lowest BCUT2D eigenvalue weighted by Crippen LogP contribution is -2.17. The molecule has 0 bridgehead atoms. The van der Waals surface area contributed by atoms with Crippen molar-refractivity contribution in [3.8, 4) is 5.75 Å². The van der Waals surface area contributed by atoms with Crippen molar-refractivity contribution < 1.29 is 17.9 Å². The van der Waals surface area contributed by atoms with Crippen LogP contribution in [0.2, 0.25) is 0 Å². The fourth-order valence-electron chi connectivity index (χ4n) is 1.24. The minimum Gasteiger partial charge on any atom is -0.406 e. The summed E-state index contributed by atoms with van der Waals surface area (Å²) in [6.07, 6.45) is -3.62. The Hall–Kier alpha value is -1.39. The van der Waals surface area contributed by atoms with Crippen molar-refractivity contribution in [1.29, 1.82) is 0 Å². The number of benzene rings is 1. The van der Waals surface area contributed by atoms with E-state index in [1.165, 1.54) is 18.2 Å². The lowest BCUT2D eigenvalue weighted by Gasteiger charge is -2.13. The van der Waals surface area contributed by atoms with Crippen LogP contribution in [0, 0.1) is 5.92 Å². The molecule has 0 aliphatic rings. The monoisotopic (exact) mass is 247 g/mol. The number of hydrogen-bond donors (Lipinski definition) is 1. The molecule has 0 aliphatic heterocycles. The molecule has 1 aromatic carbocycles. The number of anilines is 1. The van der Waals surface area contributed by atoms with E-state index in [4.69, 9.17) is 0 Å². The fourth-order valence-corrected chi connectivity index (χ4v) is 1.24. The average molecular weight is 247 g/mol. The third-order valence-corrected chi connectivity index (χ3v) is 2.42. The molecule has 1 rings (SSSR count). The molecule has 0 fully saturated rings. The van der Waals surface area contributed by atoms with Crippen molar-refractivity contribution in [1.82, 2.24) is 0 Å². The van der Waals surface area contributed by atoms with E-state index < -0.39 is 6.36 Å². The van der Waals surface area contributed by atoms with Gasteiger partial charge in [0.2, 0.25) is 0 Å². The molecule has 1 N–H and O–H groups in total. The van der Waals surface area contributed by atoms with Crippen LogP contribution >= 0.6 is 0 Å². The van der Waals surface area contributed by atoms with Crippen LogP contribution in [0.5, 0.6) is 5.75 Å². The largest absolute Gasteiger partial charge is 0.573 e. The van der Waals surface area contributed by atoms with Gasteiger partial charge in [-0.2, -0.15) is 0 Å². The van der Waals surface area contributed by atoms with Gasteiger partial charge in [0.15, 0.2) is 0 Å². The SMILES string of the molecule is CCC(C)CNc1cccc(OC(F)(F)F)c1. The van der Waals surface area contributed by atoms with Crippen LogP contribution in [-0.4, -0.2) is 12.9 Å². The van der Waals surface area contributed by atoms with Gasteiger partial charge in [0.05, 0.1) is 0 Å². The van der Waals surface area contributed by atoms with Gasteiger partial charge in [0.25, 0.3) is 0 Å². The standard InChI is InChI=1S/C12H16F3NO/c1-3-9(2)8-16-10-5-4-6-11(7-10)17-12(13,14)15/h4-7,9,16H,3,8H2,1-2H3. The number of ether oxygens (including phenoxy) is 1. The van der Waals surface area contributed by atoms with Crippen LogP contribution < -0.4 is 10.1 Å². The Morgan fingerprint density at radius 3 is 2.65 bits per heavy atom. The Kier molecular flexibility index (Phi) is 4.66. The zero-order valence-corrected chi connectivity index (χ0v) is 9.84. The van der Waals surface area contributed by atoms with Crippen LogP contribution in [0.15, 0.2) is 24.3 Å². The Morgan fingerprint density at radius 1 is 1.35 bits per heavy atom. The Balaban J connectivity index is 2.60. The predicted octanol–water partition coefficient (Wildman–Crippen LogP) is 4.04. The average Bonchev–Trinajstić information content (AvgIpc) is 2.24. The maximum atomic E-state index is 12.0. The first kappa shape index (κ1) is 13.7. The van der Waals surface area contributed by atoms with Gasteiger partial charge in [0, 0.05) is 18.3 Å². The summed E-state index contributed by atoms with van der Waals surface area (Å²) in [5, 5.41) is 3.07. The van der Waals surface area contributed by atoms with Gasteiger partial charge in [-0.3, -0.25) is 0 Å². The predicted molar refractivity (Wildman–Crippen MR) is 61.1 cm³/mol. The van der Waals surface area contributed by atoms with Crippen LogP contribution in [0.1, 0.15) is 20.3 Å². The quantitative estimate of drug-likeness (QED) is 0.847. The summed E-state index contributed by atoms with van der Waals surface area (Å²) in [4.78, 5) is 0. The van der Waals surface area contributed by atoms with Crippen LogP contribution in [0.4, 0.5) is 18.9 Å². The molecule has 1 aromatic rings. The second kappa shape index (κ2) is 5.80. The van der Waals surface area contributed by atoms with Crippen LogP contribution in [0.3, 0.4) is 0 Å². The third-order valence-electron chi connectivity index (χ3n) is 2.42. The number of rotatable bonds is 5. The molecule has 0 aromatic heterocycles. The molecule has 0 radical (unpaired) electrons. The van der Waals surface area contributed by atoms with E-state index in [0.29, 0.717) is 11.6 Å². The second-order valence-corrected chi connectivity index (χ2v) is 3.97. The van der Waals surface area contributed by atoms with Crippen molar-refractivity contribution in [2.24, 2.45) is 5.92 Å². The summed E-state index contributed by atoms with van der Waals surface area (Å²) in [5.41, 5.74) is 0.632. The molecule has 0 amide bonds. The minimum absolute atomic E-state index is 0.202. The Labute approximate surface area is 98.8 Å². The van der Waals surface area contributed by atoms with E-state index in [9.17, 15) is 13.2 Å². The zero-order chi connectivity index (χ0) is 12.9. The Bertz CT molecular complexity index is 352. The van der Waals surface area contributed by atoms with Crippen LogP contribution in [-0.2, 0) is 0 Å². The third kappa shape index (κ3) is 5.47. The summed E-state index contributed by atoms with van der Waals surface area (Å²) in [5.74, 6) is 0.272. The molecule has 1 atom stereocenters. The van der Waals surface area contributed by atoms with Crippen molar-refractivity contribution >= 4 is 5.69 Å². The van der Waals surface area contributed by atoms with Gasteiger partial charge >= 0.3 is 6.36 Å². The summed E-state index contributed by atoms with van der Waals surface area (Å²) >= 11 is 0. The molecule has 96 valence electrons. The highest BCUT2D eigenvalue weighted by Crippen LogP contribution is 2.25. The van der Waals surface area contributed by atoms with Gasteiger partial charge in [0.1, 0.15) is 5.75 Å². The van der Waals surface area contributed by atoms with Gasteiger partial charge in [-0.15, -0.1) is 13.2 Å². The molecule has 0 heterocycles. The molecular weight excluding hydrogens is 231 g/mol. The number of alkyl halides is 3. The number of hydrogen-bond acceptors (Lipinski definition) is 2. The molecule has 5 heteroatoms. The van der Waals surface area contributed by atoms with E-state index in [1.807, 2.05) is 0 Å². The van der Waals surface area contributed by atoms with E-state index in [0.717, 1.165) is 13.0 Å². The lowest BCUT2D eigenvalue weighted by atomic mass is 10.1. The summed E-state index contributed by atoms with van der Waals surface area (Å²) < 4.78 is 39.8.